The van der Waals surface area contributed by atoms with E-state index in [1.807, 2.05) is 18.7 Å². The van der Waals surface area contributed by atoms with Crippen molar-refractivity contribution in [3.8, 4) is 0 Å². The summed E-state index contributed by atoms with van der Waals surface area (Å²) in [6.45, 7) is 4.38. The monoisotopic (exact) mass is 352 g/mol. The maximum absolute atomic E-state index is 11.9. The molecule has 24 heavy (non-hydrogen) atoms. The molecule has 1 aliphatic heterocycles. The molecule has 9 heteroatoms. The number of hydrogen-bond donors (Lipinski definition) is 2. The lowest BCUT2D eigenvalue weighted by atomic mass is 10.2. The van der Waals surface area contributed by atoms with Gasteiger partial charge in [0.1, 0.15) is 6.61 Å². The summed E-state index contributed by atoms with van der Waals surface area (Å²) in [7, 11) is 1.63. The van der Waals surface area contributed by atoms with E-state index < -0.39 is 12.8 Å². The number of ether oxygens (including phenoxy) is 1. The number of carbonyl (C=O) groups is 1. The van der Waals surface area contributed by atoms with Gasteiger partial charge in [0.05, 0.1) is 0 Å². The Morgan fingerprint density at radius 2 is 2.12 bits per heavy atom. The average molecular weight is 352 g/mol. The fourth-order valence-electron chi connectivity index (χ4n) is 2.40. The minimum atomic E-state index is -4.28. The molecule has 1 unspecified atom stereocenters. The number of nitrogens with one attached hydrogen (secondary N) is 2. The first-order chi connectivity index (χ1) is 11.2. The third kappa shape index (κ3) is 7.85. The van der Waals surface area contributed by atoms with Gasteiger partial charge in [0.15, 0.2) is 5.96 Å². The Morgan fingerprint density at radius 1 is 1.42 bits per heavy atom. The van der Waals surface area contributed by atoms with Crippen molar-refractivity contribution >= 4 is 11.9 Å². The highest BCUT2D eigenvalue weighted by atomic mass is 19.4. The minimum absolute atomic E-state index is 0.0158. The number of aliphatic imine (C=N–C) groups is 1. The summed E-state index contributed by atoms with van der Waals surface area (Å²) in [4.78, 5) is 17.9. The summed E-state index contributed by atoms with van der Waals surface area (Å²) in [5.74, 6) is 0.705. The van der Waals surface area contributed by atoms with Gasteiger partial charge >= 0.3 is 6.18 Å². The van der Waals surface area contributed by atoms with Crippen LogP contribution in [0.15, 0.2) is 4.99 Å². The molecule has 0 aromatic heterocycles. The lowest BCUT2D eigenvalue weighted by Gasteiger charge is -2.20. The summed E-state index contributed by atoms with van der Waals surface area (Å²) >= 11 is 0. The van der Waals surface area contributed by atoms with Gasteiger partial charge in [0.2, 0.25) is 5.91 Å². The van der Waals surface area contributed by atoms with E-state index in [1.54, 1.807) is 7.05 Å². The van der Waals surface area contributed by atoms with Gasteiger partial charge in [-0.25, -0.2) is 0 Å². The van der Waals surface area contributed by atoms with E-state index in [-0.39, 0.29) is 24.5 Å². The fourth-order valence-corrected chi connectivity index (χ4v) is 2.40. The third-order valence-electron chi connectivity index (χ3n) is 3.58. The van der Waals surface area contributed by atoms with E-state index in [9.17, 15) is 18.0 Å². The van der Waals surface area contributed by atoms with E-state index >= 15 is 0 Å². The molecular formula is C15H27F3N4O2. The Kier molecular flexibility index (Phi) is 8.30. The summed E-state index contributed by atoms with van der Waals surface area (Å²) in [6.07, 6.45) is -3.00. The molecule has 2 N–H and O–H groups in total. The third-order valence-corrected chi connectivity index (χ3v) is 3.58. The van der Waals surface area contributed by atoms with E-state index in [0.717, 1.165) is 13.0 Å². The van der Waals surface area contributed by atoms with Crippen molar-refractivity contribution in [1.29, 1.82) is 0 Å². The number of likely N-dealkylation sites (tertiary alicyclic amines) is 1. The number of halogens is 3. The van der Waals surface area contributed by atoms with Crippen LogP contribution in [-0.2, 0) is 9.53 Å². The van der Waals surface area contributed by atoms with Gasteiger partial charge in [0, 0.05) is 45.2 Å². The van der Waals surface area contributed by atoms with Crippen molar-refractivity contribution in [2.75, 3.05) is 39.9 Å². The van der Waals surface area contributed by atoms with Gasteiger partial charge in [-0.2, -0.15) is 13.2 Å². The number of alkyl halides is 3. The second-order valence-electron chi connectivity index (χ2n) is 6.09. The summed E-state index contributed by atoms with van der Waals surface area (Å²) < 4.78 is 40.3. The van der Waals surface area contributed by atoms with Crippen molar-refractivity contribution in [2.24, 2.45) is 10.9 Å². The Bertz CT molecular complexity index is 427. The van der Waals surface area contributed by atoms with Gasteiger partial charge in [-0.3, -0.25) is 9.79 Å². The van der Waals surface area contributed by atoms with Crippen LogP contribution < -0.4 is 10.6 Å². The van der Waals surface area contributed by atoms with Crippen LogP contribution in [0.25, 0.3) is 0 Å². The minimum Gasteiger partial charge on any atom is -0.372 e. The zero-order valence-corrected chi connectivity index (χ0v) is 14.4. The van der Waals surface area contributed by atoms with Crippen molar-refractivity contribution in [2.45, 2.75) is 38.9 Å². The Morgan fingerprint density at radius 3 is 2.71 bits per heavy atom. The first kappa shape index (κ1) is 20.5. The molecular weight excluding hydrogens is 325 g/mol. The van der Waals surface area contributed by atoms with E-state index in [4.69, 9.17) is 0 Å². The van der Waals surface area contributed by atoms with E-state index in [0.29, 0.717) is 25.5 Å². The maximum Gasteiger partial charge on any atom is 0.411 e. The van der Waals surface area contributed by atoms with Crippen molar-refractivity contribution in [3.05, 3.63) is 0 Å². The van der Waals surface area contributed by atoms with E-state index in [1.165, 1.54) is 0 Å². The van der Waals surface area contributed by atoms with Gasteiger partial charge in [-0.05, 0) is 12.8 Å². The molecule has 1 fully saturated rings. The summed E-state index contributed by atoms with van der Waals surface area (Å²) in [5.41, 5.74) is 0. The number of rotatable bonds is 7. The highest BCUT2D eigenvalue weighted by Crippen LogP contribution is 2.14. The van der Waals surface area contributed by atoms with Crippen LogP contribution in [0, 0.1) is 5.92 Å². The van der Waals surface area contributed by atoms with Crippen LogP contribution in [0.1, 0.15) is 26.7 Å². The molecule has 1 heterocycles. The second kappa shape index (κ2) is 9.71. The molecule has 0 aromatic rings. The van der Waals surface area contributed by atoms with Crippen molar-refractivity contribution in [1.82, 2.24) is 15.5 Å². The number of carbonyl (C=O) groups excluding carboxylic acids is 1. The van der Waals surface area contributed by atoms with E-state index in [2.05, 4.69) is 20.4 Å². The molecule has 1 amide bonds. The molecule has 0 saturated carbocycles. The molecule has 140 valence electrons. The molecule has 6 nitrogen and oxygen atoms in total. The molecule has 0 aromatic carbocycles. The Balaban J connectivity index is 2.21. The molecule has 0 radical (unpaired) electrons. The first-order valence-corrected chi connectivity index (χ1v) is 8.13. The normalized spacial score (nSPS) is 19.0. The van der Waals surface area contributed by atoms with Gasteiger partial charge < -0.3 is 20.3 Å². The lowest BCUT2D eigenvalue weighted by Crippen LogP contribution is -2.45. The maximum atomic E-state index is 11.9. The van der Waals surface area contributed by atoms with Crippen LogP contribution in [-0.4, -0.2) is 68.9 Å². The number of nitrogens with zero attached hydrogens (tertiary/aromatic N) is 2. The standard InChI is InChI=1S/C15H27F3N4O2/c1-11(2)13(23)22-7-5-12(9-22)21-14(19-3)20-6-4-8-24-10-15(16,17)18/h11-12H,4-10H2,1-3H3,(H2,19,20,21). The predicted octanol–water partition coefficient (Wildman–Crippen LogP) is 1.38. The van der Waals surface area contributed by atoms with Crippen LogP contribution >= 0.6 is 0 Å². The average Bonchev–Trinajstić information content (AvgIpc) is 2.95. The zero-order valence-electron chi connectivity index (χ0n) is 14.4. The Hall–Kier alpha value is -1.51. The van der Waals surface area contributed by atoms with Crippen LogP contribution in [0.3, 0.4) is 0 Å². The molecule has 0 aliphatic carbocycles. The van der Waals surface area contributed by atoms with Crippen LogP contribution in [0.5, 0.6) is 0 Å². The van der Waals surface area contributed by atoms with Gasteiger partial charge in [0.25, 0.3) is 0 Å². The summed E-state index contributed by atoms with van der Waals surface area (Å²) in [6, 6.07) is 0.125. The second-order valence-corrected chi connectivity index (χ2v) is 6.09. The molecule has 0 spiro atoms. The predicted molar refractivity (Wildman–Crippen MR) is 85.8 cm³/mol. The quantitative estimate of drug-likeness (QED) is 0.413. The summed E-state index contributed by atoms with van der Waals surface area (Å²) in [5, 5.41) is 6.26. The smallest absolute Gasteiger partial charge is 0.372 e. The topological polar surface area (TPSA) is 66.0 Å². The van der Waals surface area contributed by atoms with Crippen LogP contribution in [0.2, 0.25) is 0 Å². The Labute approximate surface area is 140 Å². The number of amides is 1. The largest absolute Gasteiger partial charge is 0.411 e. The highest BCUT2D eigenvalue weighted by molar-refractivity contribution is 5.81. The number of guanidine groups is 1. The van der Waals surface area contributed by atoms with Crippen molar-refractivity contribution < 1.29 is 22.7 Å². The fraction of sp³-hybridized carbons (Fsp3) is 0.867. The molecule has 1 atom stereocenters. The van der Waals surface area contributed by atoms with Crippen molar-refractivity contribution in [3.63, 3.8) is 0 Å². The molecule has 1 aliphatic rings. The number of hydrogen-bond acceptors (Lipinski definition) is 3. The highest BCUT2D eigenvalue weighted by Gasteiger charge is 2.28. The van der Waals surface area contributed by atoms with Gasteiger partial charge in [-0.1, -0.05) is 13.8 Å². The van der Waals surface area contributed by atoms with Gasteiger partial charge in [-0.15, -0.1) is 0 Å². The lowest BCUT2D eigenvalue weighted by molar-refractivity contribution is -0.173. The SMILES string of the molecule is CN=C(NCCCOCC(F)(F)F)NC1CCN(C(=O)C(C)C)C1. The first-order valence-electron chi connectivity index (χ1n) is 8.13. The zero-order chi connectivity index (χ0) is 18.2. The molecule has 0 bridgehead atoms. The van der Waals surface area contributed by atoms with Crippen LogP contribution in [0.4, 0.5) is 13.2 Å². The molecule has 1 rings (SSSR count). The molecule has 1 saturated heterocycles.